The minimum atomic E-state index is -4.59. The number of carbonyl (C=O) groups is 1. The topological polar surface area (TPSA) is 50.2 Å². The Hall–Kier alpha value is -1.85. The van der Waals surface area contributed by atoms with E-state index in [1.807, 2.05) is 0 Å². The fourth-order valence-electron chi connectivity index (χ4n) is 1.17. The molecule has 0 saturated heterocycles. The molecule has 1 aromatic rings. The molecular weight excluding hydrogens is 223 g/mol. The third-order valence-corrected chi connectivity index (χ3v) is 1.92. The average molecular weight is 231 g/mol. The zero-order chi connectivity index (χ0) is 12.3. The number of ketones is 1. The number of rotatable bonds is 3. The smallest absolute Gasteiger partial charge is 0.419 e. The van der Waals surface area contributed by atoms with Crippen LogP contribution in [-0.4, -0.2) is 19.1 Å². The number of Topliss-reactive ketones (excluding diaryl/α,β-unsaturated/α-hetero) is 1. The van der Waals surface area contributed by atoms with Crippen molar-refractivity contribution in [2.24, 2.45) is 0 Å². The Kier molecular flexibility index (Phi) is 3.31. The number of benzene rings is 1. The van der Waals surface area contributed by atoms with Gasteiger partial charge in [0.2, 0.25) is 5.78 Å². The molecule has 0 aliphatic heterocycles. The minimum Gasteiger partial charge on any atom is -0.496 e. The maximum Gasteiger partial charge on any atom is 0.419 e. The molecule has 6 heteroatoms. The Bertz CT molecular complexity index is 427. The second kappa shape index (κ2) is 4.34. The second-order valence-electron chi connectivity index (χ2n) is 2.92. The van der Waals surface area contributed by atoms with E-state index in [9.17, 15) is 18.0 Å². The summed E-state index contributed by atoms with van der Waals surface area (Å²) in [5, 5.41) is 6.68. The van der Waals surface area contributed by atoms with E-state index in [-0.39, 0.29) is 11.3 Å². The summed E-state index contributed by atoms with van der Waals surface area (Å²) in [6, 6.07) is 2.91. The van der Waals surface area contributed by atoms with E-state index in [2.05, 4.69) is 4.74 Å². The number of hydrogen-bond donors (Lipinski definition) is 1. The van der Waals surface area contributed by atoms with Crippen LogP contribution in [0.3, 0.4) is 0 Å². The molecule has 16 heavy (non-hydrogen) atoms. The summed E-state index contributed by atoms with van der Waals surface area (Å²) in [5.41, 5.74) is -1.22. The van der Waals surface area contributed by atoms with Crippen LogP contribution in [0, 0.1) is 5.41 Å². The van der Waals surface area contributed by atoms with Crippen molar-refractivity contribution in [3.63, 3.8) is 0 Å². The Labute approximate surface area is 89.3 Å². The first-order valence-corrected chi connectivity index (χ1v) is 4.20. The van der Waals surface area contributed by atoms with Crippen molar-refractivity contribution in [1.29, 1.82) is 5.41 Å². The first-order valence-electron chi connectivity index (χ1n) is 4.20. The van der Waals surface area contributed by atoms with Crippen molar-refractivity contribution >= 4 is 12.0 Å². The molecule has 0 atom stereocenters. The van der Waals surface area contributed by atoms with Gasteiger partial charge in [-0.05, 0) is 18.2 Å². The number of hydrogen-bond acceptors (Lipinski definition) is 3. The lowest BCUT2D eigenvalue weighted by Crippen LogP contribution is -2.10. The molecule has 0 fully saturated rings. The normalized spacial score (nSPS) is 11.0. The highest BCUT2D eigenvalue weighted by Crippen LogP contribution is 2.36. The fraction of sp³-hybridized carbons (Fsp3) is 0.200. The van der Waals surface area contributed by atoms with Gasteiger partial charge in [-0.15, -0.1) is 0 Å². The van der Waals surface area contributed by atoms with Crippen LogP contribution in [0.25, 0.3) is 0 Å². The standard InChI is InChI=1S/C10H8F3NO2/c1-16-9-3-2-6(8(15)5-14)4-7(9)10(11,12)13/h2-5,14H,1H3. The first kappa shape index (κ1) is 12.2. The van der Waals surface area contributed by atoms with Gasteiger partial charge in [0.25, 0.3) is 0 Å². The fourth-order valence-corrected chi connectivity index (χ4v) is 1.17. The van der Waals surface area contributed by atoms with Crippen LogP contribution in [-0.2, 0) is 6.18 Å². The first-order chi connectivity index (χ1) is 7.40. The quantitative estimate of drug-likeness (QED) is 0.642. The molecule has 0 spiro atoms. The molecule has 0 aliphatic carbocycles. The lowest BCUT2D eigenvalue weighted by atomic mass is 10.1. The molecule has 0 amide bonds. The van der Waals surface area contributed by atoms with Crippen LogP contribution in [0.2, 0.25) is 0 Å². The second-order valence-corrected chi connectivity index (χ2v) is 2.92. The van der Waals surface area contributed by atoms with E-state index >= 15 is 0 Å². The molecule has 1 aromatic carbocycles. The monoisotopic (exact) mass is 231 g/mol. The van der Waals surface area contributed by atoms with Gasteiger partial charge in [-0.3, -0.25) is 4.79 Å². The van der Waals surface area contributed by atoms with E-state index in [1.54, 1.807) is 0 Å². The van der Waals surface area contributed by atoms with Gasteiger partial charge in [0, 0.05) is 5.56 Å². The number of ether oxygens (including phenoxy) is 1. The SMILES string of the molecule is COc1ccc(C(=O)C=N)cc1C(F)(F)F. The summed E-state index contributed by atoms with van der Waals surface area (Å²) in [6.07, 6.45) is -4.13. The molecule has 0 aromatic heterocycles. The lowest BCUT2D eigenvalue weighted by Gasteiger charge is -2.12. The Morgan fingerprint density at radius 1 is 1.44 bits per heavy atom. The maximum absolute atomic E-state index is 12.5. The van der Waals surface area contributed by atoms with E-state index < -0.39 is 17.5 Å². The van der Waals surface area contributed by atoms with Gasteiger partial charge < -0.3 is 10.1 Å². The predicted octanol–water partition coefficient (Wildman–Crippen LogP) is 2.55. The van der Waals surface area contributed by atoms with Gasteiger partial charge >= 0.3 is 6.18 Å². The van der Waals surface area contributed by atoms with Crippen LogP contribution < -0.4 is 4.74 Å². The molecular formula is C10H8F3NO2. The van der Waals surface area contributed by atoms with E-state index in [4.69, 9.17) is 5.41 Å². The third kappa shape index (κ3) is 2.39. The van der Waals surface area contributed by atoms with E-state index in [0.29, 0.717) is 12.3 Å². The van der Waals surface area contributed by atoms with Gasteiger partial charge in [0.05, 0.1) is 18.9 Å². The van der Waals surface area contributed by atoms with Gasteiger partial charge in [-0.2, -0.15) is 13.2 Å². The van der Waals surface area contributed by atoms with Crippen molar-refractivity contribution in [1.82, 2.24) is 0 Å². The van der Waals surface area contributed by atoms with Crippen molar-refractivity contribution in [3.8, 4) is 5.75 Å². The summed E-state index contributed by atoms with van der Waals surface area (Å²) in [5.74, 6) is -1.14. The summed E-state index contributed by atoms with van der Waals surface area (Å²) in [7, 11) is 1.11. The van der Waals surface area contributed by atoms with E-state index in [1.165, 1.54) is 6.07 Å². The van der Waals surface area contributed by atoms with Crippen molar-refractivity contribution in [3.05, 3.63) is 29.3 Å². The highest BCUT2D eigenvalue weighted by Gasteiger charge is 2.34. The summed E-state index contributed by atoms with van der Waals surface area (Å²) < 4.78 is 42.2. The van der Waals surface area contributed by atoms with Gasteiger partial charge in [0.1, 0.15) is 5.75 Å². The van der Waals surface area contributed by atoms with Gasteiger partial charge in [0.15, 0.2) is 0 Å². The van der Waals surface area contributed by atoms with Crippen LogP contribution in [0.4, 0.5) is 13.2 Å². The van der Waals surface area contributed by atoms with Crippen molar-refractivity contribution < 1.29 is 22.7 Å². The van der Waals surface area contributed by atoms with Crippen LogP contribution >= 0.6 is 0 Å². The van der Waals surface area contributed by atoms with Gasteiger partial charge in [-0.25, -0.2) is 0 Å². The molecule has 0 saturated carbocycles. The molecule has 0 radical (unpaired) electrons. The molecule has 0 unspecified atom stereocenters. The summed E-state index contributed by atoms with van der Waals surface area (Å²) >= 11 is 0. The summed E-state index contributed by atoms with van der Waals surface area (Å²) in [6.45, 7) is 0. The predicted molar refractivity (Wildman–Crippen MR) is 51.1 cm³/mol. The minimum absolute atomic E-state index is 0.192. The molecule has 0 heterocycles. The highest BCUT2D eigenvalue weighted by molar-refractivity contribution is 6.34. The van der Waals surface area contributed by atoms with Crippen molar-refractivity contribution in [2.75, 3.05) is 7.11 Å². The largest absolute Gasteiger partial charge is 0.496 e. The Balaban J connectivity index is 3.32. The number of carbonyl (C=O) groups excluding carboxylic acids is 1. The highest BCUT2D eigenvalue weighted by atomic mass is 19.4. The van der Waals surface area contributed by atoms with E-state index in [0.717, 1.165) is 13.2 Å². The number of methoxy groups -OCH3 is 1. The Morgan fingerprint density at radius 3 is 2.50 bits per heavy atom. The zero-order valence-corrected chi connectivity index (χ0v) is 8.26. The molecule has 86 valence electrons. The van der Waals surface area contributed by atoms with Crippen LogP contribution in [0.15, 0.2) is 18.2 Å². The van der Waals surface area contributed by atoms with Gasteiger partial charge in [-0.1, -0.05) is 0 Å². The third-order valence-electron chi connectivity index (χ3n) is 1.92. The van der Waals surface area contributed by atoms with Crippen LogP contribution in [0.5, 0.6) is 5.75 Å². The molecule has 0 bridgehead atoms. The molecule has 0 aliphatic rings. The number of halogens is 3. The molecule has 1 N–H and O–H groups in total. The number of alkyl halides is 3. The average Bonchev–Trinajstić information content (AvgIpc) is 2.26. The Morgan fingerprint density at radius 2 is 2.06 bits per heavy atom. The molecule has 1 rings (SSSR count). The van der Waals surface area contributed by atoms with Crippen molar-refractivity contribution in [2.45, 2.75) is 6.18 Å². The summed E-state index contributed by atoms with van der Waals surface area (Å²) in [4.78, 5) is 11.0. The maximum atomic E-state index is 12.5. The molecule has 3 nitrogen and oxygen atoms in total. The van der Waals surface area contributed by atoms with Crippen LogP contribution in [0.1, 0.15) is 15.9 Å². The zero-order valence-electron chi connectivity index (χ0n) is 8.26. The number of nitrogens with one attached hydrogen (secondary N) is 1. The lowest BCUT2D eigenvalue weighted by molar-refractivity contribution is -0.138.